The van der Waals surface area contributed by atoms with Crippen molar-refractivity contribution in [2.45, 2.75) is 50.4 Å². The van der Waals surface area contributed by atoms with E-state index in [1.165, 1.54) is 42.1 Å². The highest BCUT2D eigenvalue weighted by Crippen LogP contribution is 2.35. The summed E-state index contributed by atoms with van der Waals surface area (Å²) in [6.45, 7) is 3.11. The highest BCUT2D eigenvalue weighted by molar-refractivity contribution is 7.93. The van der Waals surface area contributed by atoms with E-state index in [4.69, 9.17) is 4.74 Å². The zero-order chi connectivity index (χ0) is 26.2. The maximum atomic E-state index is 13.2. The summed E-state index contributed by atoms with van der Waals surface area (Å²) in [5.41, 5.74) is 0.804. The SMILES string of the molecule is CCCS(=O)(=O)Nc1cc(-c2cnc3cc(OC)c(S(=O)(=O)C(C)(C)C)cn23)cc(OC(F)F)n1. The quantitative estimate of drug-likeness (QED) is 0.441. The van der Waals surface area contributed by atoms with E-state index in [1.54, 1.807) is 27.7 Å². The van der Waals surface area contributed by atoms with Crippen LogP contribution in [0.3, 0.4) is 0 Å². The van der Waals surface area contributed by atoms with E-state index in [0.717, 1.165) is 0 Å². The van der Waals surface area contributed by atoms with Crippen molar-refractivity contribution in [2.75, 3.05) is 17.6 Å². The van der Waals surface area contributed by atoms with Crippen LogP contribution in [-0.4, -0.2) is 55.4 Å². The Labute approximate surface area is 202 Å². The van der Waals surface area contributed by atoms with E-state index in [-0.39, 0.29) is 33.5 Å². The number of imidazole rings is 1. The number of rotatable bonds is 9. The fourth-order valence-corrected chi connectivity index (χ4v) is 5.60. The van der Waals surface area contributed by atoms with Crippen LogP contribution < -0.4 is 14.2 Å². The third-order valence-corrected chi connectivity index (χ3v) is 8.89. The fourth-order valence-electron chi connectivity index (χ4n) is 3.23. The maximum absolute atomic E-state index is 13.2. The van der Waals surface area contributed by atoms with E-state index in [1.807, 2.05) is 0 Å². The van der Waals surface area contributed by atoms with Gasteiger partial charge in [-0.15, -0.1) is 0 Å². The van der Waals surface area contributed by atoms with Crippen LogP contribution in [-0.2, 0) is 19.9 Å². The molecule has 192 valence electrons. The molecule has 0 aromatic carbocycles. The molecule has 0 spiro atoms. The number of alkyl halides is 2. The number of nitrogens with one attached hydrogen (secondary N) is 1. The Kier molecular flexibility index (Phi) is 7.27. The molecular weight excluding hydrogens is 506 g/mol. The third-order valence-electron chi connectivity index (χ3n) is 4.93. The van der Waals surface area contributed by atoms with Crippen LogP contribution in [0.1, 0.15) is 34.1 Å². The minimum atomic E-state index is -3.85. The molecule has 14 heteroatoms. The molecule has 3 aromatic rings. The van der Waals surface area contributed by atoms with Crippen molar-refractivity contribution < 1.29 is 35.1 Å². The van der Waals surface area contributed by atoms with Crippen LogP contribution >= 0.6 is 0 Å². The van der Waals surface area contributed by atoms with Gasteiger partial charge in [-0.2, -0.15) is 13.8 Å². The molecule has 3 aromatic heterocycles. The number of aromatic nitrogens is 3. The van der Waals surface area contributed by atoms with Gasteiger partial charge >= 0.3 is 6.61 Å². The molecule has 0 amide bonds. The van der Waals surface area contributed by atoms with Crippen molar-refractivity contribution in [3.05, 3.63) is 30.6 Å². The number of fused-ring (bicyclic) bond motifs is 1. The average Bonchev–Trinajstić information content (AvgIpc) is 3.13. The van der Waals surface area contributed by atoms with Gasteiger partial charge in [-0.1, -0.05) is 6.92 Å². The number of methoxy groups -OCH3 is 1. The van der Waals surface area contributed by atoms with E-state index >= 15 is 0 Å². The number of hydrogen-bond donors (Lipinski definition) is 1. The molecule has 0 atom stereocenters. The number of sulfone groups is 1. The lowest BCUT2D eigenvalue weighted by molar-refractivity contribution is -0.0527. The molecule has 0 saturated heterocycles. The summed E-state index contributed by atoms with van der Waals surface area (Å²) < 4.78 is 88.9. The van der Waals surface area contributed by atoms with Gasteiger partial charge < -0.3 is 9.47 Å². The largest absolute Gasteiger partial charge is 0.495 e. The number of pyridine rings is 2. The molecule has 3 heterocycles. The number of nitrogens with zero attached hydrogens (tertiary/aromatic N) is 3. The van der Waals surface area contributed by atoms with E-state index in [0.29, 0.717) is 12.1 Å². The van der Waals surface area contributed by atoms with Crippen LogP contribution in [0.2, 0.25) is 0 Å². The van der Waals surface area contributed by atoms with Gasteiger partial charge in [-0.3, -0.25) is 9.12 Å². The Morgan fingerprint density at radius 2 is 1.83 bits per heavy atom. The number of hydrogen-bond acceptors (Lipinski definition) is 8. The fraction of sp³-hybridized carbons (Fsp3) is 0.429. The summed E-state index contributed by atoms with van der Waals surface area (Å²) in [5, 5.41) is 0. The molecule has 0 bridgehead atoms. The summed E-state index contributed by atoms with van der Waals surface area (Å²) in [7, 11) is -6.30. The van der Waals surface area contributed by atoms with Gasteiger partial charge in [0.05, 0.1) is 29.5 Å². The second-order valence-electron chi connectivity index (χ2n) is 8.57. The van der Waals surface area contributed by atoms with Crippen molar-refractivity contribution >= 4 is 31.3 Å². The zero-order valence-electron chi connectivity index (χ0n) is 19.7. The molecule has 0 unspecified atom stereocenters. The van der Waals surface area contributed by atoms with Crippen molar-refractivity contribution in [1.82, 2.24) is 14.4 Å². The first-order valence-corrected chi connectivity index (χ1v) is 13.6. The molecule has 0 saturated carbocycles. The molecule has 35 heavy (non-hydrogen) atoms. The third kappa shape index (κ3) is 5.64. The summed E-state index contributed by atoms with van der Waals surface area (Å²) >= 11 is 0. The first-order valence-electron chi connectivity index (χ1n) is 10.5. The number of sulfonamides is 1. The molecule has 1 N–H and O–H groups in total. The number of ether oxygens (including phenoxy) is 2. The normalized spacial score (nSPS) is 12.8. The highest BCUT2D eigenvalue weighted by atomic mass is 32.2. The van der Waals surface area contributed by atoms with Gasteiger partial charge in [-0.05, 0) is 33.3 Å². The molecule has 3 rings (SSSR count). The molecule has 0 fully saturated rings. The topological polar surface area (TPSA) is 129 Å². The molecular formula is C21H26F2N4O6S2. The Bertz CT molecular complexity index is 1450. The zero-order valence-corrected chi connectivity index (χ0v) is 21.4. The lowest BCUT2D eigenvalue weighted by atomic mass is 10.2. The second kappa shape index (κ2) is 9.57. The van der Waals surface area contributed by atoms with Crippen molar-refractivity contribution in [1.29, 1.82) is 0 Å². The summed E-state index contributed by atoms with van der Waals surface area (Å²) in [6.07, 6.45) is 3.04. The molecule has 0 aliphatic rings. The Hall–Kier alpha value is -3.00. The van der Waals surface area contributed by atoms with Gasteiger partial charge in [0.15, 0.2) is 9.84 Å². The van der Waals surface area contributed by atoms with Crippen LogP contribution in [0, 0.1) is 0 Å². The first kappa shape index (κ1) is 26.6. The van der Waals surface area contributed by atoms with E-state index in [2.05, 4.69) is 19.4 Å². The van der Waals surface area contributed by atoms with Gasteiger partial charge in [-0.25, -0.2) is 21.8 Å². The molecule has 0 aliphatic carbocycles. The Balaban J connectivity index is 2.24. The Morgan fingerprint density at radius 3 is 2.40 bits per heavy atom. The van der Waals surface area contributed by atoms with Crippen molar-refractivity contribution in [3.63, 3.8) is 0 Å². The minimum Gasteiger partial charge on any atom is -0.495 e. The number of anilines is 1. The summed E-state index contributed by atoms with van der Waals surface area (Å²) in [5.74, 6) is -0.878. The van der Waals surface area contributed by atoms with Crippen LogP contribution in [0.25, 0.3) is 16.9 Å². The second-order valence-corrected chi connectivity index (χ2v) is 13.1. The highest BCUT2D eigenvalue weighted by Gasteiger charge is 2.34. The molecule has 0 aliphatic heterocycles. The maximum Gasteiger partial charge on any atom is 0.388 e. The van der Waals surface area contributed by atoms with Crippen molar-refractivity contribution in [3.8, 4) is 22.9 Å². The van der Waals surface area contributed by atoms with Gasteiger partial charge in [0, 0.05) is 23.9 Å². The molecule has 10 nitrogen and oxygen atoms in total. The predicted octanol–water partition coefficient (Wildman–Crippen LogP) is 3.73. The standard InChI is InChI=1S/C21H26F2N4O6S2/c1-6-7-34(28,29)26-17-8-13(9-19(25-17)33-20(22)23)14-11-24-18-10-15(32-5)16(12-27(14)18)35(30,31)21(2,3)4/h8-12,20H,6-7H2,1-5H3,(H,25,26). The van der Waals surface area contributed by atoms with Gasteiger partial charge in [0.25, 0.3) is 0 Å². The average molecular weight is 533 g/mol. The van der Waals surface area contributed by atoms with Gasteiger partial charge in [0.1, 0.15) is 22.1 Å². The van der Waals surface area contributed by atoms with E-state index < -0.39 is 37.1 Å². The summed E-state index contributed by atoms with van der Waals surface area (Å²) in [4.78, 5) is 7.97. The smallest absolute Gasteiger partial charge is 0.388 e. The van der Waals surface area contributed by atoms with Crippen LogP contribution in [0.4, 0.5) is 14.6 Å². The lowest BCUT2D eigenvalue weighted by Gasteiger charge is -2.21. The summed E-state index contributed by atoms with van der Waals surface area (Å²) in [6, 6.07) is 3.93. The van der Waals surface area contributed by atoms with Crippen molar-refractivity contribution in [2.24, 2.45) is 0 Å². The van der Waals surface area contributed by atoms with Gasteiger partial charge in [0.2, 0.25) is 15.9 Å². The minimum absolute atomic E-state index is 0.0917. The first-order chi connectivity index (χ1) is 16.2. The predicted molar refractivity (Wildman–Crippen MR) is 126 cm³/mol. The van der Waals surface area contributed by atoms with E-state index in [9.17, 15) is 25.6 Å². The lowest BCUT2D eigenvalue weighted by Crippen LogP contribution is -2.28. The van der Waals surface area contributed by atoms with Crippen LogP contribution in [0.5, 0.6) is 11.6 Å². The van der Waals surface area contributed by atoms with Crippen LogP contribution in [0.15, 0.2) is 35.5 Å². The monoisotopic (exact) mass is 532 g/mol. The number of halogens is 2. The Morgan fingerprint density at radius 1 is 1.14 bits per heavy atom. The molecule has 0 radical (unpaired) electrons.